The molecule has 0 aliphatic carbocycles. The first kappa shape index (κ1) is 35.0. The minimum atomic E-state index is -0.961. The van der Waals surface area contributed by atoms with Gasteiger partial charge in [0.2, 0.25) is 11.8 Å². The summed E-state index contributed by atoms with van der Waals surface area (Å²) >= 11 is 3.11. The summed E-state index contributed by atoms with van der Waals surface area (Å²) in [5.74, 6) is -1.85. The number of carbonyl (C=O) groups excluding carboxylic acids is 3. The first-order valence-corrected chi connectivity index (χ1v) is 15.6. The number of amides is 2. The molecule has 0 spiro atoms. The van der Waals surface area contributed by atoms with E-state index in [0.717, 1.165) is 23.8 Å². The van der Waals surface area contributed by atoms with Crippen molar-refractivity contribution in [3.05, 3.63) is 77.8 Å². The van der Waals surface area contributed by atoms with Crippen molar-refractivity contribution in [2.45, 2.75) is 58.7 Å². The number of halogens is 3. The number of alkyl halides is 1. The Labute approximate surface area is 265 Å². The molecule has 0 saturated carbocycles. The maximum atomic E-state index is 14.9. The number of rotatable bonds is 15. The Kier molecular flexibility index (Phi) is 12.7. The van der Waals surface area contributed by atoms with Gasteiger partial charge in [-0.15, -0.1) is 0 Å². The van der Waals surface area contributed by atoms with Crippen LogP contribution in [0.3, 0.4) is 0 Å². The molecule has 0 fully saturated rings. The standard InChI is InChI=1S/C32H40BrF2N5O4/c1-32(2,3)29(40(28(43)20-41)15-13-26(36)31(44)37-14-7-10-23(42)17-33)30-38-27(24-16-22(34)11-12-25(24)35)19-39(30)18-21-8-5-4-6-9-21/h4-6,8-9,11-12,16,19,26,29,41H,7,10,13-15,17-18,20,36H2,1-3H3,(H,37,44)/t26-,29-/m0/s1. The number of Topliss-reactive ketones (excluding diaryl/α,β-unsaturated/α-hetero) is 1. The van der Waals surface area contributed by atoms with Crippen LogP contribution in [0.5, 0.6) is 0 Å². The zero-order valence-corrected chi connectivity index (χ0v) is 26.8. The maximum Gasteiger partial charge on any atom is 0.248 e. The topological polar surface area (TPSA) is 131 Å². The Bertz CT molecular complexity index is 1430. The highest BCUT2D eigenvalue weighted by molar-refractivity contribution is 9.09. The quantitative estimate of drug-likeness (QED) is 0.162. The smallest absolute Gasteiger partial charge is 0.248 e. The number of aliphatic hydroxyl groups is 1. The second kappa shape index (κ2) is 16.0. The second-order valence-corrected chi connectivity index (χ2v) is 12.3. The maximum absolute atomic E-state index is 14.9. The summed E-state index contributed by atoms with van der Waals surface area (Å²) in [6.45, 7) is 5.54. The number of aliphatic hydroxyl groups excluding tert-OH is 1. The third kappa shape index (κ3) is 9.51. The minimum absolute atomic E-state index is 0.0137. The predicted molar refractivity (Wildman–Crippen MR) is 168 cm³/mol. The third-order valence-electron chi connectivity index (χ3n) is 7.14. The molecule has 2 aromatic carbocycles. The van der Waals surface area contributed by atoms with Crippen LogP contribution >= 0.6 is 15.9 Å². The second-order valence-electron chi connectivity index (χ2n) is 11.7. The lowest BCUT2D eigenvalue weighted by Gasteiger charge is -2.40. The monoisotopic (exact) mass is 675 g/mol. The molecule has 0 bridgehead atoms. The number of carbonyl (C=O) groups is 3. The molecule has 0 aliphatic heterocycles. The van der Waals surface area contributed by atoms with E-state index in [1.165, 1.54) is 4.90 Å². The van der Waals surface area contributed by atoms with Gasteiger partial charge in [0, 0.05) is 37.8 Å². The number of ketones is 1. The fourth-order valence-electron chi connectivity index (χ4n) is 4.97. The van der Waals surface area contributed by atoms with E-state index >= 15 is 0 Å². The zero-order valence-electron chi connectivity index (χ0n) is 25.2. The Morgan fingerprint density at radius 1 is 1.14 bits per heavy atom. The van der Waals surface area contributed by atoms with Crippen molar-refractivity contribution in [1.82, 2.24) is 19.8 Å². The third-order valence-corrected chi connectivity index (χ3v) is 7.76. The van der Waals surface area contributed by atoms with Gasteiger partial charge in [-0.3, -0.25) is 14.4 Å². The largest absolute Gasteiger partial charge is 0.387 e. The molecule has 0 unspecified atom stereocenters. The fraction of sp³-hybridized carbons (Fsp3) is 0.438. The normalized spacial score (nSPS) is 12.9. The van der Waals surface area contributed by atoms with Crippen LogP contribution in [-0.2, 0) is 20.9 Å². The predicted octanol–water partition coefficient (Wildman–Crippen LogP) is 4.36. The molecule has 2 amide bonds. The number of imidazole rings is 1. The van der Waals surface area contributed by atoms with E-state index in [4.69, 9.17) is 10.7 Å². The molecule has 3 rings (SSSR count). The van der Waals surface area contributed by atoms with Crippen molar-refractivity contribution in [1.29, 1.82) is 0 Å². The Hall–Kier alpha value is -3.48. The van der Waals surface area contributed by atoms with Crippen LogP contribution in [0.2, 0.25) is 0 Å². The van der Waals surface area contributed by atoms with Crippen LogP contribution < -0.4 is 11.1 Å². The van der Waals surface area contributed by atoms with Crippen LogP contribution in [-0.4, -0.2) is 68.2 Å². The average Bonchev–Trinajstić information content (AvgIpc) is 3.39. The van der Waals surface area contributed by atoms with Gasteiger partial charge >= 0.3 is 0 Å². The summed E-state index contributed by atoms with van der Waals surface area (Å²) in [7, 11) is 0. The van der Waals surface area contributed by atoms with E-state index in [1.807, 2.05) is 51.1 Å². The highest BCUT2D eigenvalue weighted by atomic mass is 79.9. The van der Waals surface area contributed by atoms with E-state index in [2.05, 4.69) is 21.2 Å². The van der Waals surface area contributed by atoms with Gasteiger partial charge in [-0.05, 0) is 42.0 Å². The van der Waals surface area contributed by atoms with Crippen molar-refractivity contribution >= 4 is 33.5 Å². The van der Waals surface area contributed by atoms with E-state index in [1.54, 1.807) is 10.8 Å². The Morgan fingerprint density at radius 3 is 2.48 bits per heavy atom. The average molecular weight is 677 g/mol. The van der Waals surface area contributed by atoms with Crippen LogP contribution in [0.4, 0.5) is 8.78 Å². The van der Waals surface area contributed by atoms with Gasteiger partial charge in [-0.2, -0.15) is 0 Å². The van der Waals surface area contributed by atoms with Gasteiger partial charge in [0.05, 0.1) is 23.1 Å². The minimum Gasteiger partial charge on any atom is -0.387 e. The number of nitrogens with zero attached hydrogens (tertiary/aromatic N) is 3. The van der Waals surface area contributed by atoms with Gasteiger partial charge in [0.1, 0.15) is 29.8 Å². The van der Waals surface area contributed by atoms with Crippen LogP contribution in [0.15, 0.2) is 54.7 Å². The molecular formula is C32H40BrF2N5O4. The number of hydrogen-bond donors (Lipinski definition) is 3. The van der Waals surface area contributed by atoms with Crippen LogP contribution in [0.1, 0.15) is 57.5 Å². The summed E-state index contributed by atoms with van der Waals surface area (Å²) in [5.41, 5.74) is 6.61. The molecule has 12 heteroatoms. The van der Waals surface area contributed by atoms with Crippen molar-refractivity contribution in [2.75, 3.05) is 25.0 Å². The number of nitrogens with two attached hydrogens (primary N) is 1. The highest BCUT2D eigenvalue weighted by Gasteiger charge is 2.38. The molecular weight excluding hydrogens is 636 g/mol. The molecule has 1 heterocycles. The molecule has 0 saturated heterocycles. The lowest BCUT2D eigenvalue weighted by Crippen LogP contribution is -2.47. The van der Waals surface area contributed by atoms with E-state index in [0.29, 0.717) is 25.2 Å². The number of nitrogens with one attached hydrogen (secondary N) is 1. The first-order chi connectivity index (χ1) is 20.8. The number of hydrogen-bond acceptors (Lipinski definition) is 6. The van der Waals surface area contributed by atoms with E-state index in [9.17, 15) is 28.3 Å². The SMILES string of the molecule is CC(C)(C)[C@H](c1nc(-c2cc(F)ccc2F)cn1Cc1ccccc1)N(CC[C@H](N)C(=O)NCCCC(=O)CBr)C(=O)CO. The molecule has 9 nitrogen and oxygen atoms in total. The van der Waals surface area contributed by atoms with Gasteiger partial charge < -0.3 is 25.6 Å². The van der Waals surface area contributed by atoms with Gasteiger partial charge in [-0.1, -0.05) is 67.0 Å². The highest BCUT2D eigenvalue weighted by Crippen LogP contribution is 2.39. The Balaban J connectivity index is 1.97. The zero-order chi connectivity index (χ0) is 32.4. The molecule has 0 aliphatic rings. The van der Waals surface area contributed by atoms with Crippen LogP contribution in [0, 0.1) is 17.0 Å². The summed E-state index contributed by atoms with van der Waals surface area (Å²) in [5, 5.41) is 12.9. The molecule has 0 radical (unpaired) electrons. The van der Waals surface area contributed by atoms with E-state index in [-0.39, 0.29) is 41.9 Å². The van der Waals surface area contributed by atoms with Crippen molar-refractivity contribution in [2.24, 2.45) is 11.1 Å². The van der Waals surface area contributed by atoms with Gasteiger partial charge in [0.25, 0.3) is 0 Å². The summed E-state index contributed by atoms with van der Waals surface area (Å²) in [6.07, 6.45) is 2.50. The Morgan fingerprint density at radius 2 is 1.84 bits per heavy atom. The number of aromatic nitrogens is 2. The molecule has 238 valence electrons. The summed E-state index contributed by atoms with van der Waals surface area (Å²) < 4.78 is 30.8. The molecule has 44 heavy (non-hydrogen) atoms. The fourth-order valence-corrected chi connectivity index (χ4v) is 5.25. The molecule has 3 aromatic rings. The first-order valence-electron chi connectivity index (χ1n) is 14.4. The molecule has 4 N–H and O–H groups in total. The number of benzene rings is 2. The van der Waals surface area contributed by atoms with Crippen molar-refractivity contribution < 1.29 is 28.3 Å². The van der Waals surface area contributed by atoms with Crippen molar-refractivity contribution in [3.8, 4) is 11.3 Å². The van der Waals surface area contributed by atoms with Gasteiger partial charge in [0.15, 0.2) is 0 Å². The molecule has 2 atom stereocenters. The van der Waals surface area contributed by atoms with Crippen LogP contribution in [0.25, 0.3) is 11.3 Å². The summed E-state index contributed by atoms with van der Waals surface area (Å²) in [4.78, 5) is 43.6. The van der Waals surface area contributed by atoms with Crippen molar-refractivity contribution in [3.63, 3.8) is 0 Å². The lowest BCUT2D eigenvalue weighted by molar-refractivity contribution is -0.140. The molecule has 1 aromatic heterocycles. The van der Waals surface area contributed by atoms with Gasteiger partial charge in [-0.25, -0.2) is 13.8 Å². The summed E-state index contributed by atoms with van der Waals surface area (Å²) in [6, 6.07) is 10.9. The lowest BCUT2D eigenvalue weighted by atomic mass is 9.84. The van der Waals surface area contributed by atoms with E-state index < -0.39 is 47.6 Å².